The van der Waals surface area contributed by atoms with Crippen molar-refractivity contribution in [2.45, 2.75) is 13.0 Å². The van der Waals surface area contributed by atoms with Crippen molar-refractivity contribution >= 4 is 16.9 Å². The van der Waals surface area contributed by atoms with Gasteiger partial charge in [-0.3, -0.25) is 4.79 Å². The predicted molar refractivity (Wildman–Crippen MR) is 73.5 cm³/mol. The van der Waals surface area contributed by atoms with E-state index in [4.69, 9.17) is 0 Å². The highest BCUT2D eigenvalue weighted by molar-refractivity contribution is 5.79. The molecule has 1 aromatic carbocycles. The van der Waals surface area contributed by atoms with Gasteiger partial charge in [0.05, 0.1) is 23.5 Å². The highest BCUT2D eigenvalue weighted by Gasteiger charge is 2.22. The van der Waals surface area contributed by atoms with E-state index in [0.29, 0.717) is 6.54 Å². The summed E-state index contributed by atoms with van der Waals surface area (Å²) in [5.74, 6) is 1.12. The van der Waals surface area contributed by atoms with Crippen molar-refractivity contribution in [1.29, 1.82) is 0 Å². The molecule has 0 radical (unpaired) electrons. The van der Waals surface area contributed by atoms with E-state index in [1.807, 2.05) is 35.9 Å². The zero-order chi connectivity index (χ0) is 13.2. The summed E-state index contributed by atoms with van der Waals surface area (Å²) in [7, 11) is 1.98. The number of nitrogens with one attached hydrogen (secondary N) is 2. The summed E-state index contributed by atoms with van der Waals surface area (Å²) in [6.07, 6.45) is 0.925. The Morgan fingerprint density at radius 3 is 3.11 bits per heavy atom. The number of benzene rings is 1. The van der Waals surface area contributed by atoms with Gasteiger partial charge in [0.1, 0.15) is 5.82 Å². The van der Waals surface area contributed by atoms with Crippen LogP contribution in [0.4, 0.5) is 0 Å². The Morgan fingerprint density at radius 2 is 2.37 bits per heavy atom. The molecule has 5 heteroatoms. The molecular formula is C14H18N4O. The molecule has 1 unspecified atom stereocenters. The second-order valence-electron chi connectivity index (χ2n) is 4.98. The summed E-state index contributed by atoms with van der Waals surface area (Å²) in [5.41, 5.74) is 2.06. The zero-order valence-electron chi connectivity index (χ0n) is 11.0. The summed E-state index contributed by atoms with van der Waals surface area (Å²) in [6, 6.07) is 7.99. The molecule has 2 N–H and O–H groups in total. The molecule has 0 saturated carbocycles. The fraction of sp³-hybridized carbons (Fsp3) is 0.429. The van der Waals surface area contributed by atoms with Gasteiger partial charge in [-0.2, -0.15) is 0 Å². The molecule has 100 valence electrons. The van der Waals surface area contributed by atoms with Crippen LogP contribution >= 0.6 is 0 Å². The van der Waals surface area contributed by atoms with E-state index in [2.05, 4.69) is 15.6 Å². The highest BCUT2D eigenvalue weighted by atomic mass is 16.1. The molecule has 0 spiro atoms. The van der Waals surface area contributed by atoms with Crippen LogP contribution in [0.5, 0.6) is 0 Å². The molecule has 0 bridgehead atoms. The van der Waals surface area contributed by atoms with Gasteiger partial charge in [-0.15, -0.1) is 0 Å². The van der Waals surface area contributed by atoms with Crippen LogP contribution in [0.1, 0.15) is 12.2 Å². The number of aryl methyl sites for hydroxylation is 1. The number of carbonyl (C=O) groups excluding carboxylic acids is 1. The van der Waals surface area contributed by atoms with E-state index in [-0.39, 0.29) is 11.8 Å². The number of hydrogen-bond acceptors (Lipinski definition) is 3. The van der Waals surface area contributed by atoms with Crippen LogP contribution in [0.25, 0.3) is 11.0 Å². The molecule has 1 aromatic heterocycles. The first kappa shape index (κ1) is 12.2. The van der Waals surface area contributed by atoms with Crippen molar-refractivity contribution in [3.8, 4) is 0 Å². The number of fused-ring (bicyclic) bond motifs is 1. The van der Waals surface area contributed by atoms with Gasteiger partial charge >= 0.3 is 0 Å². The molecule has 5 nitrogen and oxygen atoms in total. The normalized spacial score (nSPS) is 18.9. The lowest BCUT2D eigenvalue weighted by atomic mass is 10.1. The van der Waals surface area contributed by atoms with Crippen LogP contribution < -0.4 is 10.6 Å². The second kappa shape index (κ2) is 5.01. The first-order chi connectivity index (χ1) is 9.25. The Bertz CT molecular complexity index is 599. The lowest BCUT2D eigenvalue weighted by Gasteiger charge is -2.09. The van der Waals surface area contributed by atoms with Crippen LogP contribution in [-0.2, 0) is 18.4 Å². The van der Waals surface area contributed by atoms with Crippen LogP contribution in [0.3, 0.4) is 0 Å². The third-order valence-electron chi connectivity index (χ3n) is 3.73. The lowest BCUT2D eigenvalue weighted by molar-refractivity contribution is -0.124. The predicted octanol–water partition coefficient (Wildman–Crippen LogP) is 0.799. The topological polar surface area (TPSA) is 59.0 Å². The average molecular weight is 258 g/mol. The number of imidazole rings is 1. The van der Waals surface area contributed by atoms with Crippen molar-refractivity contribution in [1.82, 2.24) is 20.2 Å². The van der Waals surface area contributed by atoms with Crippen LogP contribution in [0.2, 0.25) is 0 Å². The van der Waals surface area contributed by atoms with E-state index < -0.39 is 0 Å². The quantitative estimate of drug-likeness (QED) is 0.856. The minimum Gasteiger partial charge on any atom is -0.349 e. The van der Waals surface area contributed by atoms with Gasteiger partial charge in [0, 0.05) is 13.6 Å². The summed E-state index contributed by atoms with van der Waals surface area (Å²) in [6.45, 7) is 2.21. The Hall–Kier alpha value is -1.88. The first-order valence-electron chi connectivity index (χ1n) is 6.64. The van der Waals surface area contributed by atoms with E-state index in [0.717, 1.165) is 36.4 Å². The number of nitrogens with zero attached hydrogens (tertiary/aromatic N) is 2. The smallest absolute Gasteiger partial charge is 0.224 e. The van der Waals surface area contributed by atoms with Gasteiger partial charge in [-0.1, -0.05) is 12.1 Å². The SMILES string of the molecule is Cn1c(CNC(=O)C2CCNC2)nc2ccccc21. The Labute approximate surface area is 112 Å². The standard InChI is InChI=1S/C14H18N4O/c1-18-12-5-3-2-4-11(12)17-13(18)9-16-14(19)10-6-7-15-8-10/h2-5,10,15H,6-9H2,1H3,(H,16,19). The van der Waals surface area contributed by atoms with Gasteiger partial charge in [-0.05, 0) is 25.1 Å². The van der Waals surface area contributed by atoms with Gasteiger partial charge in [0.15, 0.2) is 0 Å². The van der Waals surface area contributed by atoms with Crippen molar-refractivity contribution < 1.29 is 4.79 Å². The Morgan fingerprint density at radius 1 is 1.53 bits per heavy atom. The third-order valence-corrected chi connectivity index (χ3v) is 3.73. The second-order valence-corrected chi connectivity index (χ2v) is 4.98. The molecule has 19 heavy (non-hydrogen) atoms. The molecule has 1 fully saturated rings. The van der Waals surface area contributed by atoms with E-state index in [1.165, 1.54) is 0 Å². The van der Waals surface area contributed by atoms with E-state index >= 15 is 0 Å². The van der Waals surface area contributed by atoms with Gasteiger partial charge in [0.25, 0.3) is 0 Å². The van der Waals surface area contributed by atoms with Crippen molar-refractivity contribution in [3.05, 3.63) is 30.1 Å². The maximum atomic E-state index is 12.0. The average Bonchev–Trinajstić information content (AvgIpc) is 3.05. The molecule has 1 amide bonds. The van der Waals surface area contributed by atoms with Crippen molar-refractivity contribution in [3.63, 3.8) is 0 Å². The van der Waals surface area contributed by atoms with Crippen molar-refractivity contribution in [2.24, 2.45) is 13.0 Å². The van der Waals surface area contributed by atoms with Crippen LogP contribution in [0, 0.1) is 5.92 Å². The van der Waals surface area contributed by atoms with E-state index in [9.17, 15) is 4.79 Å². The highest BCUT2D eigenvalue weighted by Crippen LogP contribution is 2.14. The van der Waals surface area contributed by atoms with E-state index in [1.54, 1.807) is 0 Å². The number of rotatable bonds is 3. The molecule has 3 rings (SSSR count). The van der Waals surface area contributed by atoms with Gasteiger partial charge in [0.2, 0.25) is 5.91 Å². The summed E-state index contributed by atoms with van der Waals surface area (Å²) in [5, 5.41) is 6.18. The Kier molecular flexibility index (Phi) is 3.21. The lowest BCUT2D eigenvalue weighted by Crippen LogP contribution is -2.32. The van der Waals surface area contributed by atoms with Crippen molar-refractivity contribution in [2.75, 3.05) is 13.1 Å². The molecule has 1 saturated heterocycles. The number of hydrogen-bond donors (Lipinski definition) is 2. The summed E-state index contributed by atoms with van der Waals surface area (Å²) in [4.78, 5) is 16.5. The number of carbonyl (C=O) groups is 1. The summed E-state index contributed by atoms with van der Waals surface area (Å²) >= 11 is 0. The fourth-order valence-electron chi connectivity index (χ4n) is 2.54. The number of aromatic nitrogens is 2. The third kappa shape index (κ3) is 2.33. The molecule has 1 atom stereocenters. The van der Waals surface area contributed by atoms with Crippen LogP contribution in [-0.4, -0.2) is 28.5 Å². The zero-order valence-corrected chi connectivity index (χ0v) is 11.0. The molecule has 0 aliphatic carbocycles. The minimum absolute atomic E-state index is 0.106. The maximum absolute atomic E-state index is 12.0. The minimum atomic E-state index is 0.106. The maximum Gasteiger partial charge on any atom is 0.224 e. The Balaban J connectivity index is 1.71. The summed E-state index contributed by atoms with van der Waals surface area (Å²) < 4.78 is 2.03. The number of para-hydroxylation sites is 2. The monoisotopic (exact) mass is 258 g/mol. The largest absolute Gasteiger partial charge is 0.349 e. The molecular weight excluding hydrogens is 240 g/mol. The molecule has 1 aliphatic heterocycles. The first-order valence-corrected chi connectivity index (χ1v) is 6.64. The molecule has 1 aliphatic rings. The fourth-order valence-corrected chi connectivity index (χ4v) is 2.54. The molecule has 2 heterocycles. The van der Waals surface area contributed by atoms with Gasteiger partial charge < -0.3 is 15.2 Å². The van der Waals surface area contributed by atoms with Gasteiger partial charge in [-0.25, -0.2) is 4.98 Å². The number of amides is 1. The molecule has 2 aromatic rings. The van der Waals surface area contributed by atoms with Crippen LogP contribution in [0.15, 0.2) is 24.3 Å².